The van der Waals surface area contributed by atoms with Gasteiger partial charge in [0.25, 0.3) is 0 Å². The van der Waals surface area contributed by atoms with Crippen molar-refractivity contribution >= 4 is 0 Å². The lowest BCUT2D eigenvalue weighted by atomic mass is 10.0. The molecular weight excluding hydrogens is 189 g/mol. The lowest BCUT2D eigenvalue weighted by Gasteiger charge is -2.15. The quantitative estimate of drug-likeness (QED) is 0.730. The van der Waals surface area contributed by atoms with E-state index in [9.17, 15) is 4.39 Å². The monoisotopic (exact) mass is 207 g/mol. The van der Waals surface area contributed by atoms with E-state index in [0.29, 0.717) is 5.56 Å². The minimum atomic E-state index is -0.155. The van der Waals surface area contributed by atoms with Crippen LogP contribution in [0.2, 0.25) is 0 Å². The van der Waals surface area contributed by atoms with Gasteiger partial charge < -0.3 is 5.32 Å². The van der Waals surface area contributed by atoms with Crippen LogP contribution in [-0.2, 0) is 0 Å². The lowest BCUT2D eigenvalue weighted by molar-refractivity contribution is 0.592. The number of nitrogens with one attached hydrogen (secondary N) is 1. The molecule has 82 valence electrons. The van der Waals surface area contributed by atoms with Crippen LogP contribution in [-0.4, -0.2) is 6.54 Å². The first-order valence-corrected chi connectivity index (χ1v) is 5.31. The molecule has 0 aromatic heterocycles. The van der Waals surface area contributed by atoms with Crippen molar-refractivity contribution in [3.63, 3.8) is 0 Å². The fourth-order valence-electron chi connectivity index (χ4n) is 1.44. The number of benzene rings is 1. The molecule has 0 aliphatic rings. The molecule has 0 aliphatic heterocycles. The van der Waals surface area contributed by atoms with Gasteiger partial charge in [-0.3, -0.25) is 0 Å². The third-order valence-corrected chi connectivity index (χ3v) is 2.40. The second kappa shape index (κ2) is 5.66. The zero-order valence-electron chi connectivity index (χ0n) is 9.39. The van der Waals surface area contributed by atoms with Crippen LogP contribution in [0.1, 0.15) is 30.5 Å². The van der Waals surface area contributed by atoms with Crippen molar-refractivity contribution in [3.8, 4) is 0 Å². The van der Waals surface area contributed by atoms with Crippen LogP contribution in [0.15, 0.2) is 30.9 Å². The van der Waals surface area contributed by atoms with Crippen LogP contribution in [0.25, 0.3) is 0 Å². The zero-order chi connectivity index (χ0) is 11.3. The Balaban J connectivity index is 2.82. The van der Waals surface area contributed by atoms with Crippen molar-refractivity contribution in [3.05, 3.63) is 47.8 Å². The normalized spacial score (nSPS) is 12.5. The first-order chi connectivity index (χ1) is 7.19. The summed E-state index contributed by atoms with van der Waals surface area (Å²) in [4.78, 5) is 0. The second-order valence-electron chi connectivity index (χ2n) is 3.68. The molecule has 0 radical (unpaired) electrons. The number of hydrogen-bond donors (Lipinski definition) is 1. The Morgan fingerprint density at radius 2 is 2.27 bits per heavy atom. The van der Waals surface area contributed by atoms with Gasteiger partial charge >= 0.3 is 0 Å². The van der Waals surface area contributed by atoms with Crippen molar-refractivity contribution in [2.45, 2.75) is 26.3 Å². The third kappa shape index (κ3) is 3.17. The molecule has 2 heteroatoms. The molecule has 1 aromatic rings. The number of hydrogen-bond acceptors (Lipinski definition) is 1. The summed E-state index contributed by atoms with van der Waals surface area (Å²) < 4.78 is 13.3. The summed E-state index contributed by atoms with van der Waals surface area (Å²) in [5, 5.41) is 3.30. The van der Waals surface area contributed by atoms with E-state index in [1.165, 1.54) is 0 Å². The molecule has 0 spiro atoms. The van der Waals surface area contributed by atoms with E-state index >= 15 is 0 Å². The molecule has 0 bridgehead atoms. The van der Waals surface area contributed by atoms with Crippen LogP contribution in [0.4, 0.5) is 4.39 Å². The molecule has 1 N–H and O–H groups in total. The average Bonchev–Trinajstić information content (AvgIpc) is 2.24. The summed E-state index contributed by atoms with van der Waals surface area (Å²) in [7, 11) is 0. The maximum absolute atomic E-state index is 13.3. The molecule has 0 fully saturated rings. The maximum Gasteiger partial charge on any atom is 0.126 e. The largest absolute Gasteiger partial charge is 0.307 e. The van der Waals surface area contributed by atoms with E-state index in [0.717, 1.165) is 18.5 Å². The zero-order valence-corrected chi connectivity index (χ0v) is 9.39. The Labute approximate surface area is 91.0 Å². The van der Waals surface area contributed by atoms with E-state index < -0.39 is 0 Å². The smallest absolute Gasteiger partial charge is 0.126 e. The highest BCUT2D eigenvalue weighted by atomic mass is 19.1. The van der Waals surface area contributed by atoms with Gasteiger partial charge in [0, 0.05) is 0 Å². The van der Waals surface area contributed by atoms with E-state index in [4.69, 9.17) is 0 Å². The van der Waals surface area contributed by atoms with Crippen LogP contribution >= 0.6 is 0 Å². The van der Waals surface area contributed by atoms with Gasteiger partial charge in [0.05, 0.1) is 6.04 Å². The average molecular weight is 207 g/mol. The summed E-state index contributed by atoms with van der Waals surface area (Å²) in [6.07, 6.45) is 2.86. The molecular formula is C13H18FN. The van der Waals surface area contributed by atoms with Crippen LogP contribution < -0.4 is 5.32 Å². The molecule has 1 aromatic carbocycles. The minimum Gasteiger partial charge on any atom is -0.307 e. The van der Waals surface area contributed by atoms with Crippen LogP contribution in [0, 0.1) is 12.7 Å². The molecule has 1 rings (SSSR count). The van der Waals surface area contributed by atoms with Gasteiger partial charge in [-0.25, -0.2) is 4.39 Å². The van der Waals surface area contributed by atoms with E-state index in [2.05, 4.69) is 18.8 Å². The molecule has 0 aliphatic carbocycles. The summed E-state index contributed by atoms with van der Waals surface area (Å²) in [5.74, 6) is -0.155. The number of halogens is 1. The molecule has 1 atom stereocenters. The predicted molar refractivity (Wildman–Crippen MR) is 62.4 cm³/mol. The van der Waals surface area contributed by atoms with E-state index in [-0.39, 0.29) is 11.9 Å². The van der Waals surface area contributed by atoms with Gasteiger partial charge in [-0.05, 0) is 37.1 Å². The SMILES string of the molecule is C=CC(NCCC)c1ccc(C)c(F)c1. The van der Waals surface area contributed by atoms with Crippen molar-refractivity contribution < 1.29 is 4.39 Å². The Bertz CT molecular complexity index is 333. The van der Waals surface area contributed by atoms with Gasteiger partial charge in [-0.1, -0.05) is 25.1 Å². The molecule has 1 nitrogen and oxygen atoms in total. The van der Waals surface area contributed by atoms with Gasteiger partial charge in [-0.15, -0.1) is 6.58 Å². The molecule has 0 heterocycles. The van der Waals surface area contributed by atoms with Gasteiger partial charge in [0.1, 0.15) is 5.82 Å². The highest BCUT2D eigenvalue weighted by Gasteiger charge is 2.07. The topological polar surface area (TPSA) is 12.0 Å². The second-order valence-corrected chi connectivity index (χ2v) is 3.68. The summed E-state index contributed by atoms with van der Waals surface area (Å²) >= 11 is 0. The fourth-order valence-corrected chi connectivity index (χ4v) is 1.44. The first-order valence-electron chi connectivity index (χ1n) is 5.31. The summed E-state index contributed by atoms with van der Waals surface area (Å²) in [6, 6.07) is 5.35. The Morgan fingerprint density at radius 1 is 1.53 bits per heavy atom. The van der Waals surface area contributed by atoms with Crippen molar-refractivity contribution in [1.82, 2.24) is 5.32 Å². The van der Waals surface area contributed by atoms with E-state index in [1.807, 2.05) is 6.07 Å². The predicted octanol–water partition coefficient (Wildman–Crippen LogP) is 3.36. The highest BCUT2D eigenvalue weighted by molar-refractivity contribution is 5.27. The fraction of sp³-hybridized carbons (Fsp3) is 0.385. The number of rotatable bonds is 5. The minimum absolute atomic E-state index is 0.0417. The van der Waals surface area contributed by atoms with E-state index in [1.54, 1.807) is 25.1 Å². The summed E-state index contributed by atoms with van der Waals surface area (Å²) in [5.41, 5.74) is 1.61. The Hall–Kier alpha value is -1.15. The molecule has 15 heavy (non-hydrogen) atoms. The van der Waals surface area contributed by atoms with Crippen LogP contribution in [0.3, 0.4) is 0 Å². The Kier molecular flexibility index (Phi) is 4.50. The van der Waals surface area contributed by atoms with Gasteiger partial charge in [0.15, 0.2) is 0 Å². The molecule has 0 saturated carbocycles. The standard InChI is InChI=1S/C13H18FN/c1-4-8-15-13(5-2)11-7-6-10(3)12(14)9-11/h5-7,9,13,15H,2,4,8H2,1,3H3. The van der Waals surface area contributed by atoms with Crippen molar-refractivity contribution in [1.29, 1.82) is 0 Å². The lowest BCUT2D eigenvalue weighted by Crippen LogP contribution is -2.20. The third-order valence-electron chi connectivity index (χ3n) is 2.40. The van der Waals surface area contributed by atoms with Crippen molar-refractivity contribution in [2.75, 3.05) is 6.54 Å². The van der Waals surface area contributed by atoms with Gasteiger partial charge in [0.2, 0.25) is 0 Å². The highest BCUT2D eigenvalue weighted by Crippen LogP contribution is 2.17. The van der Waals surface area contributed by atoms with Crippen LogP contribution in [0.5, 0.6) is 0 Å². The number of aryl methyl sites for hydroxylation is 1. The summed E-state index contributed by atoms with van der Waals surface area (Å²) in [6.45, 7) is 8.53. The molecule has 0 amide bonds. The Morgan fingerprint density at radius 3 is 2.80 bits per heavy atom. The molecule has 1 unspecified atom stereocenters. The first kappa shape index (κ1) is 11.9. The molecule has 0 saturated heterocycles. The maximum atomic E-state index is 13.3. The van der Waals surface area contributed by atoms with Gasteiger partial charge in [-0.2, -0.15) is 0 Å². The van der Waals surface area contributed by atoms with Crippen molar-refractivity contribution in [2.24, 2.45) is 0 Å².